The minimum atomic E-state index is -0.920. The van der Waals surface area contributed by atoms with Crippen molar-refractivity contribution in [3.63, 3.8) is 0 Å². The van der Waals surface area contributed by atoms with Crippen LogP contribution in [0.2, 0.25) is 0 Å². The van der Waals surface area contributed by atoms with Crippen LogP contribution in [0.25, 0.3) is 0 Å². The number of ether oxygens (including phenoxy) is 2. The van der Waals surface area contributed by atoms with Gasteiger partial charge in [0.1, 0.15) is 0 Å². The van der Waals surface area contributed by atoms with Gasteiger partial charge in [0.15, 0.2) is 5.92 Å². The number of carbonyl (C=O) groups excluding carboxylic acids is 2. The molecule has 0 radical (unpaired) electrons. The molecule has 0 aliphatic rings. The fourth-order valence-corrected chi connectivity index (χ4v) is 1.14. The third-order valence-corrected chi connectivity index (χ3v) is 1.99. The molecule has 0 N–H and O–H groups in total. The van der Waals surface area contributed by atoms with E-state index in [4.69, 9.17) is 0 Å². The molecule has 0 amide bonds. The largest absolute Gasteiger partial charge is 0.468 e. The second kappa shape index (κ2) is 6.81. The predicted octanol–water partition coefficient (Wildman–Crippen LogP) is 1.33. The summed E-state index contributed by atoms with van der Waals surface area (Å²) in [4.78, 5) is 22.7. The number of carbonyl (C=O) groups is 2. The van der Waals surface area contributed by atoms with E-state index in [1.165, 1.54) is 14.2 Å². The van der Waals surface area contributed by atoms with Gasteiger partial charge >= 0.3 is 11.9 Å². The topological polar surface area (TPSA) is 52.6 Å². The average molecular weight is 212 g/mol. The van der Waals surface area contributed by atoms with Crippen molar-refractivity contribution in [2.45, 2.75) is 6.92 Å². The lowest BCUT2D eigenvalue weighted by molar-refractivity contribution is -0.160. The maximum atomic E-state index is 11.3. The Hall–Kier alpha value is -1.58. The van der Waals surface area contributed by atoms with Crippen molar-refractivity contribution in [1.29, 1.82) is 0 Å². The van der Waals surface area contributed by atoms with Gasteiger partial charge in [-0.05, 0) is 5.92 Å². The summed E-state index contributed by atoms with van der Waals surface area (Å²) >= 11 is 0. The SMILES string of the molecule is C=C/C=C/C(C)C(C(=O)OC)C(=O)OC. The number of rotatable bonds is 5. The lowest BCUT2D eigenvalue weighted by Gasteiger charge is -2.16. The molecule has 0 aromatic rings. The summed E-state index contributed by atoms with van der Waals surface area (Å²) in [7, 11) is 2.48. The van der Waals surface area contributed by atoms with Gasteiger partial charge in [-0.1, -0.05) is 31.7 Å². The molecule has 1 atom stereocenters. The summed E-state index contributed by atoms with van der Waals surface area (Å²) in [5, 5.41) is 0. The molecule has 0 saturated carbocycles. The zero-order valence-corrected chi connectivity index (χ0v) is 9.23. The first-order valence-electron chi connectivity index (χ1n) is 4.53. The lowest BCUT2D eigenvalue weighted by Crippen LogP contribution is -2.31. The molecule has 1 unspecified atom stereocenters. The van der Waals surface area contributed by atoms with Crippen molar-refractivity contribution in [2.24, 2.45) is 11.8 Å². The molecule has 0 aliphatic heterocycles. The molecule has 0 saturated heterocycles. The number of methoxy groups -OCH3 is 2. The third kappa shape index (κ3) is 3.97. The van der Waals surface area contributed by atoms with E-state index in [0.717, 1.165) is 0 Å². The van der Waals surface area contributed by atoms with Crippen LogP contribution in [0.4, 0.5) is 0 Å². The van der Waals surface area contributed by atoms with Gasteiger partial charge in [-0.15, -0.1) is 0 Å². The number of hydrogen-bond acceptors (Lipinski definition) is 4. The standard InChI is InChI=1S/C11H16O4/c1-5-6-7-8(2)9(10(12)14-3)11(13)15-4/h5-9H,1H2,2-4H3/b7-6+. The summed E-state index contributed by atoms with van der Waals surface area (Å²) in [6.07, 6.45) is 4.94. The summed E-state index contributed by atoms with van der Waals surface area (Å²) in [6, 6.07) is 0. The van der Waals surface area contributed by atoms with Crippen LogP contribution in [0.1, 0.15) is 6.92 Å². The van der Waals surface area contributed by atoms with Crippen LogP contribution < -0.4 is 0 Å². The number of allylic oxidation sites excluding steroid dienone is 3. The van der Waals surface area contributed by atoms with Crippen molar-refractivity contribution in [2.75, 3.05) is 14.2 Å². The normalized spacial score (nSPS) is 12.5. The monoisotopic (exact) mass is 212 g/mol. The maximum Gasteiger partial charge on any atom is 0.320 e. The molecule has 4 heteroatoms. The van der Waals surface area contributed by atoms with Crippen LogP contribution in [-0.2, 0) is 19.1 Å². The Balaban J connectivity index is 4.76. The van der Waals surface area contributed by atoms with Gasteiger partial charge in [-0.2, -0.15) is 0 Å². The maximum absolute atomic E-state index is 11.3. The van der Waals surface area contributed by atoms with E-state index in [-0.39, 0.29) is 5.92 Å². The second-order valence-electron chi connectivity index (χ2n) is 3.00. The van der Waals surface area contributed by atoms with Crippen LogP contribution >= 0.6 is 0 Å². The van der Waals surface area contributed by atoms with Gasteiger partial charge in [0.2, 0.25) is 0 Å². The Bertz CT molecular complexity index is 252. The minimum absolute atomic E-state index is 0.289. The van der Waals surface area contributed by atoms with Crippen LogP contribution in [-0.4, -0.2) is 26.2 Å². The first-order chi connectivity index (χ1) is 7.08. The highest BCUT2D eigenvalue weighted by molar-refractivity contribution is 5.95. The predicted molar refractivity (Wildman–Crippen MR) is 56.0 cm³/mol. The van der Waals surface area contributed by atoms with Crippen LogP contribution in [0, 0.1) is 11.8 Å². The third-order valence-electron chi connectivity index (χ3n) is 1.99. The Labute approximate surface area is 89.6 Å². The van der Waals surface area contributed by atoms with Crippen LogP contribution in [0.5, 0.6) is 0 Å². The molecule has 15 heavy (non-hydrogen) atoms. The van der Waals surface area contributed by atoms with Gasteiger partial charge in [-0.25, -0.2) is 0 Å². The minimum Gasteiger partial charge on any atom is -0.468 e. The molecule has 0 aromatic carbocycles. The molecule has 0 aromatic heterocycles. The van der Waals surface area contributed by atoms with Crippen molar-refractivity contribution < 1.29 is 19.1 Å². The quantitative estimate of drug-likeness (QED) is 0.392. The molecule has 0 rings (SSSR count). The summed E-state index contributed by atoms with van der Waals surface area (Å²) < 4.78 is 9.07. The van der Waals surface area contributed by atoms with E-state index in [9.17, 15) is 9.59 Å². The van der Waals surface area contributed by atoms with E-state index < -0.39 is 17.9 Å². The molecule has 4 nitrogen and oxygen atoms in total. The van der Waals surface area contributed by atoms with Crippen molar-refractivity contribution >= 4 is 11.9 Å². The smallest absolute Gasteiger partial charge is 0.320 e. The molecule has 0 aliphatic carbocycles. The van der Waals surface area contributed by atoms with E-state index in [0.29, 0.717) is 0 Å². The van der Waals surface area contributed by atoms with E-state index >= 15 is 0 Å². The zero-order valence-electron chi connectivity index (χ0n) is 9.23. The number of hydrogen-bond donors (Lipinski definition) is 0. The van der Waals surface area contributed by atoms with Gasteiger partial charge < -0.3 is 9.47 Å². The Morgan fingerprint density at radius 1 is 1.20 bits per heavy atom. The summed E-state index contributed by atoms with van der Waals surface area (Å²) in [5.41, 5.74) is 0. The van der Waals surface area contributed by atoms with Crippen molar-refractivity contribution in [1.82, 2.24) is 0 Å². The number of esters is 2. The fourth-order valence-electron chi connectivity index (χ4n) is 1.14. The Morgan fingerprint density at radius 3 is 2.00 bits per heavy atom. The molecule has 0 spiro atoms. The second-order valence-corrected chi connectivity index (χ2v) is 3.00. The molecule has 0 heterocycles. The fraction of sp³-hybridized carbons (Fsp3) is 0.455. The van der Waals surface area contributed by atoms with E-state index in [2.05, 4.69) is 16.1 Å². The molecular formula is C11H16O4. The Kier molecular flexibility index (Phi) is 6.09. The summed E-state index contributed by atoms with van der Waals surface area (Å²) in [5.74, 6) is -2.40. The van der Waals surface area contributed by atoms with E-state index in [1.54, 1.807) is 25.2 Å². The van der Waals surface area contributed by atoms with Crippen LogP contribution in [0.15, 0.2) is 24.8 Å². The molecular weight excluding hydrogens is 196 g/mol. The first kappa shape index (κ1) is 13.4. The average Bonchev–Trinajstić information content (AvgIpc) is 2.25. The van der Waals surface area contributed by atoms with Gasteiger partial charge in [0.25, 0.3) is 0 Å². The lowest BCUT2D eigenvalue weighted by atomic mass is 9.93. The molecule has 84 valence electrons. The highest BCUT2D eigenvalue weighted by Crippen LogP contribution is 2.16. The molecule has 0 bridgehead atoms. The highest BCUT2D eigenvalue weighted by atomic mass is 16.5. The first-order valence-corrected chi connectivity index (χ1v) is 4.53. The molecule has 0 fully saturated rings. The zero-order chi connectivity index (χ0) is 11.8. The summed E-state index contributed by atoms with van der Waals surface area (Å²) in [6.45, 7) is 5.24. The van der Waals surface area contributed by atoms with Crippen molar-refractivity contribution in [3.8, 4) is 0 Å². The van der Waals surface area contributed by atoms with Gasteiger partial charge in [0, 0.05) is 0 Å². The van der Waals surface area contributed by atoms with Gasteiger partial charge in [-0.3, -0.25) is 9.59 Å². The van der Waals surface area contributed by atoms with Crippen molar-refractivity contribution in [3.05, 3.63) is 24.8 Å². The van der Waals surface area contributed by atoms with Crippen LogP contribution in [0.3, 0.4) is 0 Å². The van der Waals surface area contributed by atoms with E-state index in [1.807, 2.05) is 0 Å². The highest BCUT2D eigenvalue weighted by Gasteiger charge is 2.32. The Morgan fingerprint density at radius 2 is 1.67 bits per heavy atom. The van der Waals surface area contributed by atoms with Gasteiger partial charge in [0.05, 0.1) is 14.2 Å².